The summed E-state index contributed by atoms with van der Waals surface area (Å²) in [5.74, 6) is 0. The number of nitrogens with zero attached hydrogens (tertiary/aromatic N) is 1. The molecule has 0 saturated carbocycles. The highest BCUT2D eigenvalue weighted by atomic mass is 16.7. The summed E-state index contributed by atoms with van der Waals surface area (Å²) in [6, 6.07) is 0.441. The van der Waals surface area contributed by atoms with Crippen LogP contribution in [0.15, 0.2) is 0 Å². The Kier molecular flexibility index (Phi) is 4.38. The molecular formula is C11H21NO3. The van der Waals surface area contributed by atoms with E-state index in [0.717, 1.165) is 32.9 Å². The Morgan fingerprint density at radius 2 is 2.07 bits per heavy atom. The molecule has 4 nitrogen and oxygen atoms in total. The lowest BCUT2D eigenvalue weighted by Crippen LogP contribution is -2.48. The van der Waals surface area contributed by atoms with Gasteiger partial charge < -0.3 is 14.2 Å². The molecule has 2 saturated heterocycles. The number of ether oxygens (including phenoxy) is 3. The second-order valence-corrected chi connectivity index (χ2v) is 4.20. The van der Waals surface area contributed by atoms with Crippen LogP contribution >= 0.6 is 0 Å². The van der Waals surface area contributed by atoms with Crippen LogP contribution in [0.25, 0.3) is 0 Å². The molecule has 0 N–H and O–H groups in total. The van der Waals surface area contributed by atoms with Gasteiger partial charge in [-0.1, -0.05) is 6.42 Å². The summed E-state index contributed by atoms with van der Waals surface area (Å²) in [5, 5.41) is 0. The highest BCUT2D eigenvalue weighted by Crippen LogP contribution is 2.23. The minimum absolute atomic E-state index is 0.00200. The molecule has 0 aromatic heterocycles. The number of piperidine rings is 1. The first-order chi connectivity index (χ1) is 7.42. The summed E-state index contributed by atoms with van der Waals surface area (Å²) >= 11 is 0. The Hall–Kier alpha value is -0.160. The van der Waals surface area contributed by atoms with Crippen LogP contribution in [-0.4, -0.2) is 57.3 Å². The fraction of sp³-hybridized carbons (Fsp3) is 1.00. The van der Waals surface area contributed by atoms with Gasteiger partial charge in [-0.25, -0.2) is 0 Å². The molecule has 0 amide bonds. The topological polar surface area (TPSA) is 30.9 Å². The molecule has 4 heteroatoms. The predicted molar refractivity (Wildman–Crippen MR) is 56.8 cm³/mol. The summed E-state index contributed by atoms with van der Waals surface area (Å²) in [7, 11) is 1.75. The van der Waals surface area contributed by atoms with Crippen molar-refractivity contribution in [2.75, 3.05) is 40.0 Å². The Morgan fingerprint density at radius 3 is 2.80 bits per heavy atom. The van der Waals surface area contributed by atoms with E-state index in [-0.39, 0.29) is 6.29 Å². The molecule has 88 valence electrons. The van der Waals surface area contributed by atoms with Crippen molar-refractivity contribution in [2.24, 2.45) is 0 Å². The molecule has 0 spiro atoms. The summed E-state index contributed by atoms with van der Waals surface area (Å²) in [6.07, 6.45) is 3.76. The third kappa shape index (κ3) is 2.91. The van der Waals surface area contributed by atoms with E-state index >= 15 is 0 Å². The van der Waals surface area contributed by atoms with E-state index in [1.807, 2.05) is 0 Å². The maximum atomic E-state index is 5.60. The fourth-order valence-electron chi connectivity index (χ4n) is 2.41. The van der Waals surface area contributed by atoms with Crippen molar-refractivity contribution in [3.05, 3.63) is 0 Å². The molecule has 1 atom stereocenters. The van der Waals surface area contributed by atoms with Crippen molar-refractivity contribution in [3.8, 4) is 0 Å². The third-order valence-electron chi connectivity index (χ3n) is 3.21. The van der Waals surface area contributed by atoms with Gasteiger partial charge in [0.25, 0.3) is 0 Å². The summed E-state index contributed by atoms with van der Waals surface area (Å²) in [4.78, 5) is 2.45. The second kappa shape index (κ2) is 5.80. The van der Waals surface area contributed by atoms with Gasteiger partial charge in [-0.05, 0) is 19.4 Å². The molecule has 0 aromatic rings. The van der Waals surface area contributed by atoms with E-state index in [0.29, 0.717) is 6.04 Å². The van der Waals surface area contributed by atoms with Crippen molar-refractivity contribution in [1.82, 2.24) is 4.90 Å². The van der Waals surface area contributed by atoms with Crippen LogP contribution in [-0.2, 0) is 14.2 Å². The molecular weight excluding hydrogens is 194 g/mol. The van der Waals surface area contributed by atoms with E-state index < -0.39 is 0 Å². The molecule has 2 heterocycles. The first-order valence-electron chi connectivity index (χ1n) is 5.88. The average Bonchev–Trinajstić information content (AvgIpc) is 2.80. The Morgan fingerprint density at radius 1 is 1.27 bits per heavy atom. The summed E-state index contributed by atoms with van der Waals surface area (Å²) in [6.45, 7) is 4.43. The molecule has 0 aromatic carbocycles. The quantitative estimate of drug-likeness (QED) is 0.696. The van der Waals surface area contributed by atoms with Crippen LogP contribution < -0.4 is 0 Å². The van der Waals surface area contributed by atoms with Crippen LogP contribution in [0.2, 0.25) is 0 Å². The normalized spacial score (nSPS) is 29.8. The first kappa shape index (κ1) is 11.3. The van der Waals surface area contributed by atoms with Crippen molar-refractivity contribution in [1.29, 1.82) is 0 Å². The molecule has 2 rings (SSSR count). The molecule has 0 radical (unpaired) electrons. The number of methoxy groups -OCH3 is 1. The van der Waals surface area contributed by atoms with Gasteiger partial charge in [0.2, 0.25) is 0 Å². The number of rotatable bonds is 4. The third-order valence-corrected chi connectivity index (χ3v) is 3.21. The van der Waals surface area contributed by atoms with Crippen LogP contribution in [0.5, 0.6) is 0 Å². The highest BCUT2D eigenvalue weighted by molar-refractivity contribution is 4.81. The van der Waals surface area contributed by atoms with E-state index in [4.69, 9.17) is 14.2 Å². The van der Waals surface area contributed by atoms with Gasteiger partial charge in [-0.2, -0.15) is 0 Å². The van der Waals surface area contributed by atoms with Crippen molar-refractivity contribution < 1.29 is 14.2 Å². The molecule has 0 bridgehead atoms. The minimum atomic E-state index is 0.00200. The number of likely N-dealkylation sites (tertiary alicyclic amines) is 1. The molecule has 2 aliphatic heterocycles. The van der Waals surface area contributed by atoms with Crippen molar-refractivity contribution in [2.45, 2.75) is 31.6 Å². The monoisotopic (exact) mass is 215 g/mol. The molecule has 2 fully saturated rings. The Balaban J connectivity index is 1.86. The average molecular weight is 215 g/mol. The second-order valence-electron chi connectivity index (χ2n) is 4.20. The molecule has 15 heavy (non-hydrogen) atoms. The van der Waals surface area contributed by atoms with Gasteiger partial charge in [-0.3, -0.25) is 4.90 Å². The standard InChI is InChI=1S/C11H21NO3/c1-13-7-6-12-5-3-2-4-10(12)11-14-8-9-15-11/h10-11H,2-9H2,1H3. The summed E-state index contributed by atoms with van der Waals surface area (Å²) < 4.78 is 16.3. The number of hydrogen-bond acceptors (Lipinski definition) is 4. The van der Waals surface area contributed by atoms with Crippen molar-refractivity contribution >= 4 is 0 Å². The van der Waals surface area contributed by atoms with E-state index in [9.17, 15) is 0 Å². The van der Waals surface area contributed by atoms with Crippen LogP contribution in [0.1, 0.15) is 19.3 Å². The largest absolute Gasteiger partial charge is 0.383 e. The van der Waals surface area contributed by atoms with Gasteiger partial charge in [0.15, 0.2) is 6.29 Å². The van der Waals surface area contributed by atoms with Crippen LogP contribution in [0.3, 0.4) is 0 Å². The SMILES string of the molecule is COCCN1CCCCC1C1OCCO1. The Labute approximate surface area is 91.5 Å². The first-order valence-corrected chi connectivity index (χ1v) is 5.88. The van der Waals surface area contributed by atoms with Gasteiger partial charge in [0.05, 0.1) is 25.9 Å². The lowest BCUT2D eigenvalue weighted by Gasteiger charge is -2.37. The molecule has 2 aliphatic rings. The highest BCUT2D eigenvalue weighted by Gasteiger charge is 2.33. The zero-order valence-corrected chi connectivity index (χ0v) is 9.48. The maximum absolute atomic E-state index is 5.60. The Bertz CT molecular complexity index is 183. The molecule has 0 aliphatic carbocycles. The van der Waals surface area contributed by atoms with E-state index in [1.165, 1.54) is 19.3 Å². The predicted octanol–water partition coefficient (Wildman–Crippen LogP) is 0.860. The lowest BCUT2D eigenvalue weighted by molar-refractivity contribution is -0.111. The minimum Gasteiger partial charge on any atom is -0.383 e. The zero-order valence-electron chi connectivity index (χ0n) is 9.48. The van der Waals surface area contributed by atoms with Gasteiger partial charge in [-0.15, -0.1) is 0 Å². The van der Waals surface area contributed by atoms with Crippen LogP contribution in [0.4, 0.5) is 0 Å². The zero-order chi connectivity index (χ0) is 10.5. The fourth-order valence-corrected chi connectivity index (χ4v) is 2.41. The van der Waals surface area contributed by atoms with E-state index in [1.54, 1.807) is 7.11 Å². The van der Waals surface area contributed by atoms with Gasteiger partial charge in [0, 0.05) is 13.7 Å². The lowest BCUT2D eigenvalue weighted by atomic mass is 10.0. The van der Waals surface area contributed by atoms with Gasteiger partial charge in [0.1, 0.15) is 0 Å². The van der Waals surface area contributed by atoms with Crippen LogP contribution in [0, 0.1) is 0 Å². The van der Waals surface area contributed by atoms with Gasteiger partial charge >= 0.3 is 0 Å². The smallest absolute Gasteiger partial charge is 0.173 e. The van der Waals surface area contributed by atoms with E-state index in [2.05, 4.69) is 4.90 Å². The molecule has 1 unspecified atom stereocenters. The number of hydrogen-bond donors (Lipinski definition) is 0. The maximum Gasteiger partial charge on any atom is 0.173 e. The summed E-state index contributed by atoms with van der Waals surface area (Å²) in [5.41, 5.74) is 0. The van der Waals surface area contributed by atoms with Crippen molar-refractivity contribution in [3.63, 3.8) is 0 Å².